The number of thiophene rings is 1. The van der Waals surface area contributed by atoms with Crippen LogP contribution in [0.4, 0.5) is 0 Å². The van der Waals surface area contributed by atoms with Crippen molar-refractivity contribution < 1.29 is 9.59 Å². The van der Waals surface area contributed by atoms with E-state index in [1.54, 1.807) is 0 Å². The predicted molar refractivity (Wildman–Crippen MR) is 123 cm³/mol. The lowest BCUT2D eigenvalue weighted by Crippen LogP contribution is -2.25. The van der Waals surface area contributed by atoms with Gasteiger partial charge in [-0.3, -0.25) is 9.59 Å². The Morgan fingerprint density at radius 2 is 1.62 bits per heavy atom. The molecule has 1 amide bonds. The maximum Gasteiger partial charge on any atom is 0.259 e. The molecule has 29 heavy (non-hydrogen) atoms. The molecule has 0 atom stereocenters. The molecule has 1 heterocycles. The molecule has 0 spiro atoms. The molecule has 2 rings (SSSR count). The van der Waals surface area contributed by atoms with Gasteiger partial charge in [0.05, 0.1) is 4.88 Å². The molecule has 0 aliphatic rings. The van der Waals surface area contributed by atoms with Gasteiger partial charge in [0.15, 0.2) is 0 Å². The van der Waals surface area contributed by atoms with Crippen molar-refractivity contribution in [1.29, 1.82) is 0 Å². The third kappa shape index (κ3) is 4.80. The molecule has 1 aromatic heterocycles. The van der Waals surface area contributed by atoms with Crippen LogP contribution in [0, 0.1) is 19.3 Å². The SMILES string of the molecule is CCC(CC)(c1ccc(CCC(=O)C(C)(C)C)c(C)c1)c1cc(C)c(C(N)=O)s1. The second-order valence-corrected chi connectivity index (χ2v) is 10.1. The minimum absolute atomic E-state index is 0.131. The number of hydrogen-bond donors (Lipinski definition) is 1. The van der Waals surface area contributed by atoms with Crippen LogP contribution in [0.5, 0.6) is 0 Å². The molecule has 4 heteroatoms. The Hall–Kier alpha value is -1.94. The van der Waals surface area contributed by atoms with E-state index < -0.39 is 0 Å². The highest BCUT2D eigenvalue weighted by atomic mass is 32.1. The van der Waals surface area contributed by atoms with Crippen molar-refractivity contribution in [3.63, 3.8) is 0 Å². The van der Waals surface area contributed by atoms with Crippen molar-refractivity contribution in [3.8, 4) is 0 Å². The summed E-state index contributed by atoms with van der Waals surface area (Å²) in [6, 6.07) is 8.78. The van der Waals surface area contributed by atoms with E-state index in [4.69, 9.17) is 5.73 Å². The smallest absolute Gasteiger partial charge is 0.259 e. The summed E-state index contributed by atoms with van der Waals surface area (Å²) in [6.07, 6.45) is 3.24. The Kier molecular flexibility index (Phi) is 7.10. The number of amides is 1. The van der Waals surface area contributed by atoms with Gasteiger partial charge in [0, 0.05) is 22.1 Å². The summed E-state index contributed by atoms with van der Waals surface area (Å²) in [6.45, 7) is 14.4. The topological polar surface area (TPSA) is 60.2 Å². The van der Waals surface area contributed by atoms with E-state index in [2.05, 4.69) is 45.0 Å². The molecule has 0 saturated heterocycles. The zero-order valence-corrected chi connectivity index (χ0v) is 19.8. The minimum atomic E-state index is -0.352. The molecule has 3 nitrogen and oxygen atoms in total. The first kappa shape index (κ1) is 23.3. The molecule has 0 aliphatic carbocycles. The summed E-state index contributed by atoms with van der Waals surface area (Å²) >= 11 is 1.53. The average Bonchev–Trinajstić information content (AvgIpc) is 3.04. The average molecular weight is 414 g/mol. The van der Waals surface area contributed by atoms with Gasteiger partial charge in [-0.15, -0.1) is 11.3 Å². The van der Waals surface area contributed by atoms with Gasteiger partial charge in [0.2, 0.25) is 0 Å². The highest BCUT2D eigenvalue weighted by molar-refractivity contribution is 7.14. The summed E-state index contributed by atoms with van der Waals surface area (Å²) in [5, 5.41) is 0. The molecule has 0 aliphatic heterocycles. The number of rotatable bonds is 8. The van der Waals surface area contributed by atoms with Crippen LogP contribution in [0.15, 0.2) is 24.3 Å². The molecular formula is C25H35NO2S. The normalized spacial score (nSPS) is 12.2. The molecule has 2 N–H and O–H groups in total. The molecule has 0 fully saturated rings. The van der Waals surface area contributed by atoms with Crippen LogP contribution in [0.2, 0.25) is 0 Å². The summed E-state index contributed by atoms with van der Waals surface area (Å²) in [7, 11) is 0. The Morgan fingerprint density at radius 1 is 1.00 bits per heavy atom. The zero-order chi connectivity index (χ0) is 22.0. The fourth-order valence-electron chi connectivity index (χ4n) is 4.01. The highest BCUT2D eigenvalue weighted by Crippen LogP contribution is 2.43. The largest absolute Gasteiger partial charge is 0.365 e. The third-order valence-corrected chi connectivity index (χ3v) is 7.63. The Bertz CT molecular complexity index is 898. The van der Waals surface area contributed by atoms with Crippen molar-refractivity contribution in [2.75, 3.05) is 0 Å². The van der Waals surface area contributed by atoms with Crippen molar-refractivity contribution in [2.24, 2.45) is 11.1 Å². The quantitative estimate of drug-likeness (QED) is 0.567. The number of aryl methyl sites for hydroxylation is 3. The van der Waals surface area contributed by atoms with Crippen LogP contribution in [-0.4, -0.2) is 11.7 Å². The second kappa shape index (κ2) is 8.83. The van der Waals surface area contributed by atoms with Crippen molar-refractivity contribution >= 4 is 23.0 Å². The van der Waals surface area contributed by atoms with Crippen LogP contribution in [0.25, 0.3) is 0 Å². The number of hydrogen-bond acceptors (Lipinski definition) is 3. The second-order valence-electron chi connectivity index (χ2n) is 9.09. The fraction of sp³-hybridized carbons (Fsp3) is 0.520. The highest BCUT2D eigenvalue weighted by Gasteiger charge is 2.33. The number of nitrogens with two attached hydrogens (primary N) is 1. The molecule has 158 valence electrons. The molecule has 0 saturated carbocycles. The van der Waals surface area contributed by atoms with Crippen molar-refractivity contribution in [2.45, 2.75) is 79.6 Å². The lowest BCUT2D eigenvalue weighted by atomic mass is 9.73. The van der Waals surface area contributed by atoms with E-state index in [9.17, 15) is 9.59 Å². The monoisotopic (exact) mass is 413 g/mol. The van der Waals surface area contributed by atoms with E-state index >= 15 is 0 Å². The van der Waals surface area contributed by atoms with Gasteiger partial charge in [-0.05, 0) is 61.4 Å². The molecule has 1 aromatic carbocycles. The first-order valence-electron chi connectivity index (χ1n) is 10.5. The third-order valence-electron chi connectivity index (χ3n) is 6.17. The minimum Gasteiger partial charge on any atom is -0.365 e. The molecule has 0 unspecified atom stereocenters. The van der Waals surface area contributed by atoms with Crippen LogP contribution in [0.3, 0.4) is 0 Å². The maximum absolute atomic E-state index is 12.3. The Morgan fingerprint density at radius 3 is 2.07 bits per heavy atom. The fourth-order valence-corrected chi connectivity index (χ4v) is 5.39. The predicted octanol–water partition coefficient (Wildman–Crippen LogP) is 6.12. The molecule has 0 radical (unpaired) electrons. The standard InChI is InChI=1S/C25H35NO2S/c1-8-25(9-2,21-15-17(4)22(29-21)23(26)28)19-12-10-18(16(3)14-19)11-13-20(27)24(5,6)7/h10,12,14-15H,8-9,11,13H2,1-7H3,(H2,26,28). The van der Waals surface area contributed by atoms with E-state index in [0.717, 1.165) is 24.8 Å². The van der Waals surface area contributed by atoms with Gasteiger partial charge in [-0.1, -0.05) is 52.8 Å². The van der Waals surface area contributed by atoms with Crippen LogP contribution < -0.4 is 5.73 Å². The number of carbonyl (C=O) groups excluding carboxylic acids is 2. The molecule has 2 aromatic rings. The summed E-state index contributed by atoms with van der Waals surface area (Å²) in [5.41, 5.74) is 9.82. The van der Waals surface area contributed by atoms with Gasteiger partial charge in [0.1, 0.15) is 5.78 Å². The van der Waals surface area contributed by atoms with Crippen LogP contribution in [-0.2, 0) is 16.6 Å². The maximum atomic E-state index is 12.3. The summed E-state index contributed by atoms with van der Waals surface area (Å²) in [4.78, 5) is 25.9. The number of benzene rings is 1. The molecule has 0 bridgehead atoms. The van der Waals surface area contributed by atoms with E-state index in [1.165, 1.54) is 32.9 Å². The lowest BCUT2D eigenvalue weighted by Gasteiger charge is -2.32. The number of carbonyl (C=O) groups is 2. The van der Waals surface area contributed by atoms with Crippen LogP contribution in [0.1, 0.15) is 90.7 Å². The first-order chi connectivity index (χ1) is 13.5. The number of ketones is 1. The zero-order valence-electron chi connectivity index (χ0n) is 18.9. The Balaban J connectivity index is 2.39. The van der Waals surface area contributed by atoms with Crippen molar-refractivity contribution in [3.05, 3.63) is 56.3 Å². The van der Waals surface area contributed by atoms with Crippen molar-refractivity contribution in [1.82, 2.24) is 0 Å². The lowest BCUT2D eigenvalue weighted by molar-refractivity contribution is -0.126. The van der Waals surface area contributed by atoms with Gasteiger partial charge >= 0.3 is 0 Å². The molecular weight excluding hydrogens is 378 g/mol. The number of primary amides is 1. The van der Waals surface area contributed by atoms with E-state index in [1.807, 2.05) is 27.7 Å². The van der Waals surface area contributed by atoms with Crippen LogP contribution >= 0.6 is 11.3 Å². The van der Waals surface area contributed by atoms with E-state index in [-0.39, 0.29) is 16.7 Å². The van der Waals surface area contributed by atoms with Gasteiger partial charge in [-0.2, -0.15) is 0 Å². The first-order valence-corrected chi connectivity index (χ1v) is 11.3. The van der Waals surface area contributed by atoms with Gasteiger partial charge in [-0.25, -0.2) is 0 Å². The summed E-state index contributed by atoms with van der Waals surface area (Å²) < 4.78 is 0. The summed E-state index contributed by atoms with van der Waals surface area (Å²) in [5.74, 6) is -0.0552. The van der Waals surface area contributed by atoms with Gasteiger partial charge in [0.25, 0.3) is 5.91 Å². The Labute approximate surface area is 179 Å². The van der Waals surface area contributed by atoms with E-state index in [0.29, 0.717) is 17.1 Å². The number of Topliss-reactive ketones (excluding diaryl/α,β-unsaturated/α-hetero) is 1. The van der Waals surface area contributed by atoms with Gasteiger partial charge < -0.3 is 5.73 Å².